The second kappa shape index (κ2) is 5.70. The van der Waals surface area contributed by atoms with Gasteiger partial charge in [-0.05, 0) is 25.7 Å². The van der Waals surface area contributed by atoms with Gasteiger partial charge in [-0.1, -0.05) is 33.6 Å². The van der Waals surface area contributed by atoms with E-state index in [1.165, 1.54) is 36.4 Å². The van der Waals surface area contributed by atoms with Gasteiger partial charge in [0.05, 0.1) is 5.69 Å². The third-order valence-electron chi connectivity index (χ3n) is 4.00. The zero-order valence-corrected chi connectivity index (χ0v) is 12.9. The molecule has 1 aliphatic carbocycles. The van der Waals surface area contributed by atoms with Crippen LogP contribution in [0.15, 0.2) is 5.38 Å². The van der Waals surface area contributed by atoms with Crippen LogP contribution >= 0.6 is 11.3 Å². The second-order valence-electron chi connectivity index (χ2n) is 6.59. The van der Waals surface area contributed by atoms with Gasteiger partial charge in [-0.2, -0.15) is 0 Å². The van der Waals surface area contributed by atoms with Crippen molar-refractivity contribution in [2.75, 3.05) is 0 Å². The van der Waals surface area contributed by atoms with Gasteiger partial charge in [-0.25, -0.2) is 4.98 Å². The molecule has 0 aliphatic heterocycles. The molecule has 1 atom stereocenters. The Balaban J connectivity index is 1.84. The monoisotopic (exact) mass is 266 g/mol. The van der Waals surface area contributed by atoms with E-state index < -0.39 is 0 Å². The van der Waals surface area contributed by atoms with Crippen LogP contribution in [-0.4, -0.2) is 11.0 Å². The van der Waals surface area contributed by atoms with Gasteiger partial charge in [-0.3, -0.25) is 0 Å². The third-order valence-corrected chi connectivity index (χ3v) is 4.85. The van der Waals surface area contributed by atoms with Crippen molar-refractivity contribution in [2.24, 2.45) is 5.92 Å². The van der Waals surface area contributed by atoms with Gasteiger partial charge in [0.15, 0.2) is 0 Å². The van der Waals surface area contributed by atoms with Gasteiger partial charge < -0.3 is 5.32 Å². The van der Waals surface area contributed by atoms with E-state index in [0.29, 0.717) is 6.04 Å². The molecule has 1 aromatic rings. The molecule has 1 fully saturated rings. The average molecular weight is 266 g/mol. The molecular formula is C15H26N2S. The fourth-order valence-electron chi connectivity index (χ4n) is 2.61. The highest BCUT2D eigenvalue weighted by Crippen LogP contribution is 2.28. The number of nitrogens with one attached hydrogen (secondary N) is 1. The summed E-state index contributed by atoms with van der Waals surface area (Å²) < 4.78 is 0. The van der Waals surface area contributed by atoms with E-state index in [1.54, 1.807) is 11.3 Å². The molecule has 1 saturated carbocycles. The second-order valence-corrected chi connectivity index (χ2v) is 7.53. The predicted molar refractivity (Wildman–Crippen MR) is 79.1 cm³/mol. The van der Waals surface area contributed by atoms with E-state index in [9.17, 15) is 0 Å². The summed E-state index contributed by atoms with van der Waals surface area (Å²) in [5, 5.41) is 7.09. The van der Waals surface area contributed by atoms with Crippen LogP contribution < -0.4 is 5.32 Å². The van der Waals surface area contributed by atoms with Crippen LogP contribution in [0.5, 0.6) is 0 Å². The predicted octanol–water partition coefficient (Wildman–Crippen LogP) is 4.11. The number of thiazole rings is 1. The van der Waals surface area contributed by atoms with Crippen molar-refractivity contribution in [3.8, 4) is 0 Å². The first kappa shape index (κ1) is 14.0. The van der Waals surface area contributed by atoms with Crippen LogP contribution in [0, 0.1) is 5.92 Å². The quantitative estimate of drug-likeness (QED) is 0.887. The Morgan fingerprint density at radius 3 is 2.61 bits per heavy atom. The molecule has 0 bridgehead atoms. The van der Waals surface area contributed by atoms with Gasteiger partial charge in [0.25, 0.3) is 0 Å². The standard InChI is InChI=1S/C15H26N2S/c1-11(12-7-5-6-8-12)16-9-14-17-13(10-18-14)15(2,3)4/h10-12,16H,5-9H2,1-4H3. The first-order chi connectivity index (χ1) is 8.47. The summed E-state index contributed by atoms with van der Waals surface area (Å²) in [5.41, 5.74) is 1.39. The van der Waals surface area contributed by atoms with Crippen LogP contribution in [0.4, 0.5) is 0 Å². The van der Waals surface area contributed by atoms with Gasteiger partial charge in [0, 0.05) is 23.4 Å². The molecule has 1 aromatic heterocycles. The van der Waals surface area contributed by atoms with Crippen LogP contribution in [0.3, 0.4) is 0 Å². The summed E-state index contributed by atoms with van der Waals surface area (Å²) in [6.45, 7) is 9.92. The van der Waals surface area contributed by atoms with Gasteiger partial charge in [0.1, 0.15) is 5.01 Å². The lowest BCUT2D eigenvalue weighted by Gasteiger charge is -2.19. The average Bonchev–Trinajstić information content (AvgIpc) is 2.96. The van der Waals surface area contributed by atoms with Crippen molar-refractivity contribution in [3.63, 3.8) is 0 Å². The Morgan fingerprint density at radius 1 is 1.39 bits per heavy atom. The van der Waals surface area contributed by atoms with Gasteiger partial charge in [-0.15, -0.1) is 11.3 Å². The van der Waals surface area contributed by atoms with Crippen LogP contribution in [0.1, 0.15) is 64.1 Å². The summed E-state index contributed by atoms with van der Waals surface area (Å²) in [6, 6.07) is 0.634. The molecule has 1 N–H and O–H groups in total. The number of hydrogen-bond acceptors (Lipinski definition) is 3. The summed E-state index contributed by atoms with van der Waals surface area (Å²) in [5.74, 6) is 0.882. The molecule has 2 nitrogen and oxygen atoms in total. The third kappa shape index (κ3) is 3.55. The maximum Gasteiger partial charge on any atom is 0.107 e. The van der Waals surface area contributed by atoms with Gasteiger partial charge >= 0.3 is 0 Å². The Morgan fingerprint density at radius 2 is 2.06 bits per heavy atom. The minimum absolute atomic E-state index is 0.172. The van der Waals surface area contributed by atoms with Crippen molar-refractivity contribution in [2.45, 2.75) is 71.4 Å². The van der Waals surface area contributed by atoms with Crippen molar-refractivity contribution < 1.29 is 0 Å². The highest BCUT2D eigenvalue weighted by molar-refractivity contribution is 7.09. The topological polar surface area (TPSA) is 24.9 Å². The molecule has 0 amide bonds. The van der Waals surface area contributed by atoms with Crippen molar-refractivity contribution in [3.05, 3.63) is 16.1 Å². The minimum Gasteiger partial charge on any atom is -0.308 e. The number of nitrogens with zero attached hydrogens (tertiary/aromatic N) is 1. The zero-order valence-electron chi connectivity index (χ0n) is 12.1. The Kier molecular flexibility index (Phi) is 4.44. The Bertz CT molecular complexity index is 372. The van der Waals surface area contributed by atoms with E-state index in [4.69, 9.17) is 4.98 Å². The number of rotatable bonds is 4. The van der Waals surface area contributed by atoms with E-state index in [0.717, 1.165) is 12.5 Å². The minimum atomic E-state index is 0.172. The van der Waals surface area contributed by atoms with Crippen molar-refractivity contribution in [1.29, 1.82) is 0 Å². The first-order valence-electron chi connectivity index (χ1n) is 7.15. The molecule has 0 saturated heterocycles. The molecule has 1 aliphatic rings. The molecule has 3 heteroatoms. The summed E-state index contributed by atoms with van der Waals surface area (Å²) in [7, 11) is 0. The summed E-state index contributed by atoms with van der Waals surface area (Å²) >= 11 is 1.79. The molecule has 1 heterocycles. The normalized spacial score (nSPS) is 19.3. The highest BCUT2D eigenvalue weighted by atomic mass is 32.1. The molecule has 102 valence electrons. The van der Waals surface area contributed by atoms with E-state index in [-0.39, 0.29) is 5.41 Å². The highest BCUT2D eigenvalue weighted by Gasteiger charge is 2.22. The lowest BCUT2D eigenvalue weighted by atomic mass is 9.93. The number of hydrogen-bond donors (Lipinski definition) is 1. The van der Waals surface area contributed by atoms with E-state index in [2.05, 4.69) is 38.4 Å². The molecule has 18 heavy (non-hydrogen) atoms. The largest absolute Gasteiger partial charge is 0.308 e. The fraction of sp³-hybridized carbons (Fsp3) is 0.800. The van der Waals surface area contributed by atoms with E-state index in [1.807, 2.05) is 0 Å². The smallest absolute Gasteiger partial charge is 0.107 e. The lowest BCUT2D eigenvalue weighted by molar-refractivity contribution is 0.380. The van der Waals surface area contributed by atoms with Crippen LogP contribution in [0.2, 0.25) is 0 Å². The SMILES string of the molecule is CC(NCc1nc(C(C)(C)C)cs1)C1CCCC1. The Hall–Kier alpha value is -0.410. The first-order valence-corrected chi connectivity index (χ1v) is 8.03. The van der Waals surface area contributed by atoms with Crippen molar-refractivity contribution in [1.82, 2.24) is 10.3 Å². The molecule has 0 aromatic carbocycles. The maximum atomic E-state index is 4.74. The zero-order chi connectivity index (χ0) is 13.2. The van der Waals surface area contributed by atoms with Crippen molar-refractivity contribution >= 4 is 11.3 Å². The molecule has 2 rings (SSSR count). The van der Waals surface area contributed by atoms with E-state index >= 15 is 0 Å². The van der Waals surface area contributed by atoms with Gasteiger partial charge in [0.2, 0.25) is 0 Å². The molecule has 0 spiro atoms. The maximum absolute atomic E-state index is 4.74. The Labute approximate surface area is 115 Å². The summed E-state index contributed by atoms with van der Waals surface area (Å²) in [4.78, 5) is 4.74. The molecule has 1 unspecified atom stereocenters. The molecule has 0 radical (unpaired) electrons. The lowest BCUT2D eigenvalue weighted by Crippen LogP contribution is -2.31. The van der Waals surface area contributed by atoms with Crippen LogP contribution in [-0.2, 0) is 12.0 Å². The fourth-order valence-corrected chi connectivity index (χ4v) is 3.58. The summed E-state index contributed by atoms with van der Waals surface area (Å²) in [6.07, 6.45) is 5.64. The number of aromatic nitrogens is 1. The molecular weight excluding hydrogens is 240 g/mol. The van der Waals surface area contributed by atoms with Crippen LogP contribution in [0.25, 0.3) is 0 Å².